The molecule has 0 saturated carbocycles. The van der Waals surface area contributed by atoms with E-state index >= 15 is 0 Å². The van der Waals surface area contributed by atoms with Gasteiger partial charge in [-0.25, -0.2) is 9.59 Å². The van der Waals surface area contributed by atoms with Gasteiger partial charge in [-0.05, 0) is 6.92 Å². The van der Waals surface area contributed by atoms with Gasteiger partial charge >= 0.3 is 18.1 Å². The zero-order valence-corrected chi connectivity index (χ0v) is 17.2. The highest BCUT2D eigenvalue weighted by Gasteiger charge is 2.64. The van der Waals surface area contributed by atoms with E-state index in [1.165, 1.54) is 32.4 Å². The molecule has 1 aromatic rings. The average molecular weight is 434 g/mol. The fourth-order valence-corrected chi connectivity index (χ4v) is 2.76. The summed E-state index contributed by atoms with van der Waals surface area (Å²) in [5, 5.41) is 0. The minimum Gasteiger partial charge on any atom is -0.463 e. The zero-order chi connectivity index (χ0) is 22.9. The van der Waals surface area contributed by atoms with Crippen LogP contribution in [0.25, 0.3) is 0 Å². The van der Waals surface area contributed by atoms with Gasteiger partial charge in [0.05, 0.1) is 6.61 Å². The summed E-state index contributed by atoms with van der Waals surface area (Å²) in [4.78, 5) is 24.7. The number of halogens is 3. The summed E-state index contributed by atoms with van der Waals surface area (Å²) in [5.41, 5.74) is -4.01. The van der Waals surface area contributed by atoms with Gasteiger partial charge in [-0.1, -0.05) is 36.9 Å². The lowest BCUT2D eigenvalue weighted by Gasteiger charge is -2.35. The molecule has 2 atom stereocenters. The van der Waals surface area contributed by atoms with Crippen molar-refractivity contribution in [2.75, 3.05) is 27.9 Å². The molecule has 1 rings (SSSR count). The van der Waals surface area contributed by atoms with Gasteiger partial charge in [-0.2, -0.15) is 13.2 Å². The Labute approximate surface area is 172 Å². The van der Waals surface area contributed by atoms with E-state index in [4.69, 9.17) is 23.7 Å². The Morgan fingerprint density at radius 1 is 1.07 bits per heavy atom. The molecule has 30 heavy (non-hydrogen) atoms. The first-order chi connectivity index (χ1) is 14.1. The number of alkyl halides is 3. The van der Waals surface area contributed by atoms with Crippen molar-refractivity contribution in [2.45, 2.75) is 37.5 Å². The van der Waals surface area contributed by atoms with E-state index in [2.05, 4.69) is 6.58 Å². The molecule has 7 nitrogen and oxygen atoms in total. The quantitative estimate of drug-likeness (QED) is 0.301. The zero-order valence-electron chi connectivity index (χ0n) is 17.2. The molecular formula is C20H25F3O7. The molecule has 0 aliphatic carbocycles. The molecule has 0 bridgehead atoms. The van der Waals surface area contributed by atoms with Crippen molar-refractivity contribution in [3.05, 3.63) is 48.0 Å². The summed E-state index contributed by atoms with van der Waals surface area (Å²) in [7, 11) is 3.15. The maximum atomic E-state index is 14.0. The van der Waals surface area contributed by atoms with Gasteiger partial charge in [0.1, 0.15) is 0 Å². The summed E-state index contributed by atoms with van der Waals surface area (Å²) < 4.78 is 66.8. The van der Waals surface area contributed by atoms with Crippen LogP contribution in [0.3, 0.4) is 0 Å². The molecule has 0 aromatic heterocycles. The van der Waals surface area contributed by atoms with Gasteiger partial charge in [0, 0.05) is 38.9 Å². The number of carbonyl (C=O) groups is 2. The van der Waals surface area contributed by atoms with E-state index < -0.39 is 41.7 Å². The van der Waals surface area contributed by atoms with E-state index in [1.54, 1.807) is 6.92 Å². The van der Waals surface area contributed by atoms with Crippen LogP contribution in [0.1, 0.15) is 18.9 Å². The molecular weight excluding hydrogens is 409 g/mol. The SMILES string of the molecule is C=C(C[C@H](OC(=O)[C@@](OC)(c1ccccc1)C(F)(F)F)C(OC)OC)C(=O)OCC. The molecule has 0 aliphatic rings. The highest BCUT2D eigenvalue weighted by molar-refractivity contribution is 5.88. The maximum absolute atomic E-state index is 14.0. The summed E-state index contributed by atoms with van der Waals surface area (Å²) in [5.74, 6) is -2.54. The van der Waals surface area contributed by atoms with E-state index in [9.17, 15) is 22.8 Å². The first-order valence-corrected chi connectivity index (χ1v) is 8.87. The molecule has 0 aliphatic heterocycles. The second-order valence-corrected chi connectivity index (χ2v) is 6.06. The Morgan fingerprint density at radius 2 is 1.63 bits per heavy atom. The molecule has 1 aromatic carbocycles. The first-order valence-electron chi connectivity index (χ1n) is 8.87. The Bertz CT molecular complexity index is 717. The van der Waals surface area contributed by atoms with Gasteiger partial charge in [0.2, 0.25) is 0 Å². The summed E-state index contributed by atoms with van der Waals surface area (Å²) in [6, 6.07) is 6.33. The fourth-order valence-electron chi connectivity index (χ4n) is 2.76. The van der Waals surface area contributed by atoms with Crippen molar-refractivity contribution >= 4 is 11.9 Å². The maximum Gasteiger partial charge on any atom is 0.432 e. The van der Waals surface area contributed by atoms with Crippen molar-refractivity contribution in [3.63, 3.8) is 0 Å². The van der Waals surface area contributed by atoms with E-state index in [1.807, 2.05) is 0 Å². The van der Waals surface area contributed by atoms with Crippen LogP contribution in [0.15, 0.2) is 42.5 Å². The molecule has 0 amide bonds. The van der Waals surface area contributed by atoms with Crippen LogP contribution in [-0.4, -0.2) is 58.4 Å². The number of methoxy groups -OCH3 is 3. The second-order valence-electron chi connectivity index (χ2n) is 6.06. The van der Waals surface area contributed by atoms with Crippen LogP contribution >= 0.6 is 0 Å². The monoisotopic (exact) mass is 434 g/mol. The van der Waals surface area contributed by atoms with Gasteiger partial charge < -0.3 is 23.7 Å². The number of carbonyl (C=O) groups excluding carboxylic acids is 2. The van der Waals surface area contributed by atoms with E-state index in [0.717, 1.165) is 19.2 Å². The average Bonchev–Trinajstić information content (AvgIpc) is 2.69. The fraction of sp³-hybridized carbons (Fsp3) is 0.500. The Morgan fingerprint density at radius 3 is 2.07 bits per heavy atom. The highest BCUT2D eigenvalue weighted by atomic mass is 19.4. The van der Waals surface area contributed by atoms with Crippen LogP contribution in [0.5, 0.6) is 0 Å². The van der Waals surface area contributed by atoms with Gasteiger partial charge in [0.25, 0.3) is 5.60 Å². The number of esters is 2. The predicted octanol–water partition coefficient (Wildman–Crippen LogP) is 3.13. The van der Waals surface area contributed by atoms with Crippen molar-refractivity contribution in [1.29, 1.82) is 0 Å². The van der Waals surface area contributed by atoms with Crippen LogP contribution in [0.2, 0.25) is 0 Å². The summed E-state index contributed by atoms with van der Waals surface area (Å²) in [6.07, 6.45) is -8.26. The molecule has 0 N–H and O–H groups in total. The largest absolute Gasteiger partial charge is 0.463 e. The molecule has 0 spiro atoms. The minimum absolute atomic E-state index is 0.0646. The van der Waals surface area contributed by atoms with Crippen LogP contribution in [0.4, 0.5) is 13.2 Å². The molecule has 168 valence electrons. The van der Waals surface area contributed by atoms with Crippen LogP contribution in [0, 0.1) is 0 Å². The van der Waals surface area contributed by atoms with Crippen molar-refractivity contribution in [3.8, 4) is 0 Å². The van der Waals surface area contributed by atoms with Crippen molar-refractivity contribution < 1.29 is 46.4 Å². The van der Waals surface area contributed by atoms with Gasteiger partial charge in [-0.3, -0.25) is 0 Å². The summed E-state index contributed by atoms with van der Waals surface area (Å²) in [6.45, 7) is 5.17. The Balaban J connectivity index is 3.32. The molecule has 0 saturated heterocycles. The number of hydrogen-bond donors (Lipinski definition) is 0. The summed E-state index contributed by atoms with van der Waals surface area (Å²) >= 11 is 0. The standard InChI is InChI=1S/C20H25F3O7/c1-6-29-16(24)13(2)12-15(17(26-3)27-4)30-18(25)19(28-5,20(21,22)23)14-10-8-7-9-11-14/h7-11,15,17H,2,6,12H2,1,3-5H3/t15-,19-/m0/s1. The third kappa shape index (κ3) is 5.59. The lowest BCUT2D eigenvalue weighted by atomic mass is 9.92. The number of benzene rings is 1. The first kappa shape index (κ1) is 25.6. The van der Waals surface area contributed by atoms with Gasteiger partial charge in [0.15, 0.2) is 12.4 Å². The lowest BCUT2D eigenvalue weighted by Crippen LogP contribution is -2.53. The Kier molecular flexibility index (Phi) is 9.47. The molecule has 0 heterocycles. The van der Waals surface area contributed by atoms with Gasteiger partial charge in [-0.15, -0.1) is 0 Å². The smallest absolute Gasteiger partial charge is 0.432 e. The van der Waals surface area contributed by atoms with Crippen molar-refractivity contribution in [1.82, 2.24) is 0 Å². The second kappa shape index (κ2) is 11.1. The lowest BCUT2D eigenvalue weighted by molar-refractivity contribution is -0.283. The molecule has 0 fully saturated rings. The number of ether oxygens (including phenoxy) is 5. The molecule has 0 unspecified atom stereocenters. The Hall–Kier alpha value is -2.43. The molecule has 10 heteroatoms. The third-order valence-corrected chi connectivity index (χ3v) is 4.21. The van der Waals surface area contributed by atoms with Crippen LogP contribution in [-0.2, 0) is 38.9 Å². The third-order valence-electron chi connectivity index (χ3n) is 4.21. The normalized spacial score (nSPS) is 14.7. The molecule has 0 radical (unpaired) electrons. The van der Waals surface area contributed by atoms with E-state index in [0.29, 0.717) is 0 Å². The van der Waals surface area contributed by atoms with Crippen molar-refractivity contribution in [2.24, 2.45) is 0 Å². The number of rotatable bonds is 11. The predicted molar refractivity (Wildman–Crippen MR) is 99.3 cm³/mol. The van der Waals surface area contributed by atoms with Crippen LogP contribution < -0.4 is 0 Å². The topological polar surface area (TPSA) is 80.3 Å². The number of hydrogen-bond acceptors (Lipinski definition) is 7. The highest BCUT2D eigenvalue weighted by Crippen LogP contribution is 2.43. The van der Waals surface area contributed by atoms with E-state index in [-0.39, 0.29) is 18.6 Å². The minimum atomic E-state index is -5.15.